The zero-order valence-electron chi connectivity index (χ0n) is 15.3. The highest BCUT2D eigenvalue weighted by Gasteiger charge is 2.63. The summed E-state index contributed by atoms with van der Waals surface area (Å²) in [6.45, 7) is 5.47. The molecule has 1 aromatic rings. The molecule has 1 saturated carbocycles. The quantitative estimate of drug-likeness (QED) is 0.777. The number of amides is 1. The van der Waals surface area contributed by atoms with Gasteiger partial charge in [-0.1, -0.05) is 13.0 Å². The van der Waals surface area contributed by atoms with Gasteiger partial charge in [0.1, 0.15) is 4.75 Å². The van der Waals surface area contributed by atoms with Crippen LogP contribution in [0.5, 0.6) is 0 Å². The summed E-state index contributed by atoms with van der Waals surface area (Å²) >= 11 is 0. The van der Waals surface area contributed by atoms with Crippen LogP contribution in [0.25, 0.3) is 0 Å². The molecule has 3 fully saturated rings. The van der Waals surface area contributed by atoms with Gasteiger partial charge in [0.05, 0.1) is 24.7 Å². The van der Waals surface area contributed by atoms with Crippen molar-refractivity contribution in [3.63, 3.8) is 0 Å². The molecule has 1 aliphatic carbocycles. The minimum absolute atomic E-state index is 0.0435. The second-order valence-corrected chi connectivity index (χ2v) is 10.6. The van der Waals surface area contributed by atoms with Crippen LogP contribution in [0.4, 0.5) is 0 Å². The van der Waals surface area contributed by atoms with E-state index in [0.29, 0.717) is 38.6 Å². The first-order valence-corrected chi connectivity index (χ1v) is 11.0. The highest BCUT2D eigenvalue weighted by molar-refractivity contribution is 7.93. The Kier molecular flexibility index (Phi) is 4.34. The van der Waals surface area contributed by atoms with Crippen LogP contribution < -0.4 is 0 Å². The van der Waals surface area contributed by atoms with Gasteiger partial charge < -0.3 is 9.64 Å². The van der Waals surface area contributed by atoms with Crippen molar-refractivity contribution >= 4 is 15.7 Å². The second-order valence-electron chi connectivity index (χ2n) is 8.17. The fourth-order valence-corrected chi connectivity index (χ4v) is 6.75. The first kappa shape index (κ1) is 17.9. The largest absolute Gasteiger partial charge is 0.375 e. The normalized spacial score (nSPS) is 31.0. The first-order chi connectivity index (χ1) is 12.3. The second kappa shape index (κ2) is 6.30. The summed E-state index contributed by atoms with van der Waals surface area (Å²) in [6, 6.07) is 5.79. The van der Waals surface area contributed by atoms with E-state index in [1.165, 1.54) is 0 Å². The van der Waals surface area contributed by atoms with Crippen molar-refractivity contribution in [1.82, 2.24) is 9.88 Å². The van der Waals surface area contributed by atoms with Gasteiger partial charge in [-0.15, -0.1) is 0 Å². The lowest BCUT2D eigenvalue weighted by molar-refractivity contribution is -0.139. The zero-order valence-corrected chi connectivity index (χ0v) is 16.2. The molecule has 1 spiro atoms. The van der Waals surface area contributed by atoms with E-state index in [0.717, 1.165) is 17.8 Å². The number of sulfone groups is 1. The van der Waals surface area contributed by atoms with Crippen molar-refractivity contribution in [2.24, 2.45) is 17.8 Å². The average Bonchev–Trinajstić information content (AvgIpc) is 3.20. The van der Waals surface area contributed by atoms with Crippen molar-refractivity contribution in [2.45, 2.75) is 38.0 Å². The predicted octanol–water partition coefficient (Wildman–Crippen LogP) is 1.58. The van der Waals surface area contributed by atoms with Gasteiger partial charge in [0.2, 0.25) is 5.91 Å². The Morgan fingerprint density at radius 1 is 1.38 bits per heavy atom. The standard InChI is InChI=1S/C19H26N2O4S/c1-13-8-17(13)18(22)21-11-19(12-21)15(6-7-26(19,23)24)9-25-10-16-5-3-4-14(2)20-16/h3-5,13,15,17H,6-12H2,1-2H3. The molecule has 3 aliphatic rings. The number of hydrogen-bond acceptors (Lipinski definition) is 5. The molecule has 6 nitrogen and oxygen atoms in total. The van der Waals surface area contributed by atoms with Crippen LogP contribution in [0.1, 0.15) is 31.2 Å². The molecule has 3 atom stereocenters. The fourth-order valence-electron chi connectivity index (χ4n) is 4.35. The van der Waals surface area contributed by atoms with E-state index in [1.807, 2.05) is 25.1 Å². The Labute approximate surface area is 154 Å². The number of aryl methyl sites for hydroxylation is 1. The van der Waals surface area contributed by atoms with E-state index < -0.39 is 14.6 Å². The lowest BCUT2D eigenvalue weighted by Crippen LogP contribution is -2.69. The van der Waals surface area contributed by atoms with Gasteiger partial charge in [0.25, 0.3) is 0 Å². The minimum Gasteiger partial charge on any atom is -0.375 e. The summed E-state index contributed by atoms with van der Waals surface area (Å²) < 4.78 is 30.4. The molecule has 26 heavy (non-hydrogen) atoms. The van der Waals surface area contributed by atoms with E-state index in [4.69, 9.17) is 4.74 Å². The summed E-state index contributed by atoms with van der Waals surface area (Å²) in [5.41, 5.74) is 1.79. The summed E-state index contributed by atoms with van der Waals surface area (Å²) in [6.07, 6.45) is 1.55. The predicted molar refractivity (Wildman–Crippen MR) is 97.1 cm³/mol. The number of likely N-dealkylation sites (tertiary alicyclic amines) is 1. The molecule has 0 radical (unpaired) electrons. The number of carbonyl (C=O) groups is 1. The van der Waals surface area contributed by atoms with E-state index in [1.54, 1.807) is 4.90 Å². The molecule has 3 heterocycles. The third-order valence-corrected chi connectivity index (χ3v) is 8.87. The SMILES string of the molecule is Cc1cccc(COCC2CCS(=O)(=O)C23CN(C(=O)C2CC2C)C3)n1. The molecule has 2 aliphatic heterocycles. The van der Waals surface area contributed by atoms with Gasteiger partial charge in [-0.3, -0.25) is 9.78 Å². The Morgan fingerprint density at radius 2 is 2.12 bits per heavy atom. The topological polar surface area (TPSA) is 76.6 Å². The molecule has 7 heteroatoms. The monoisotopic (exact) mass is 378 g/mol. The van der Waals surface area contributed by atoms with Gasteiger partial charge in [-0.25, -0.2) is 8.42 Å². The van der Waals surface area contributed by atoms with Crippen molar-refractivity contribution in [1.29, 1.82) is 0 Å². The van der Waals surface area contributed by atoms with Crippen LogP contribution >= 0.6 is 0 Å². The number of aromatic nitrogens is 1. The van der Waals surface area contributed by atoms with Crippen LogP contribution in [-0.4, -0.2) is 54.4 Å². The van der Waals surface area contributed by atoms with Gasteiger partial charge in [0, 0.05) is 30.6 Å². The fraction of sp³-hybridized carbons (Fsp3) is 0.684. The highest BCUT2D eigenvalue weighted by atomic mass is 32.2. The van der Waals surface area contributed by atoms with Gasteiger partial charge in [-0.2, -0.15) is 0 Å². The zero-order chi connectivity index (χ0) is 18.5. The Balaban J connectivity index is 1.38. The number of ether oxygens (including phenoxy) is 1. The molecular formula is C19H26N2O4S. The van der Waals surface area contributed by atoms with Crippen molar-refractivity contribution < 1.29 is 17.9 Å². The summed E-state index contributed by atoms with van der Waals surface area (Å²) in [5, 5.41) is 0. The summed E-state index contributed by atoms with van der Waals surface area (Å²) in [7, 11) is -3.18. The number of rotatable bonds is 5. The van der Waals surface area contributed by atoms with E-state index in [2.05, 4.69) is 11.9 Å². The van der Waals surface area contributed by atoms with Crippen molar-refractivity contribution in [3.8, 4) is 0 Å². The van der Waals surface area contributed by atoms with Crippen LogP contribution in [0.15, 0.2) is 18.2 Å². The van der Waals surface area contributed by atoms with Crippen molar-refractivity contribution in [3.05, 3.63) is 29.6 Å². The maximum Gasteiger partial charge on any atom is 0.226 e. The maximum atomic E-state index is 12.7. The van der Waals surface area contributed by atoms with E-state index in [9.17, 15) is 13.2 Å². The molecule has 0 aromatic carbocycles. The average molecular weight is 378 g/mol. The number of pyridine rings is 1. The van der Waals surface area contributed by atoms with Crippen molar-refractivity contribution in [2.75, 3.05) is 25.4 Å². The molecule has 2 saturated heterocycles. The third kappa shape index (κ3) is 2.95. The van der Waals surface area contributed by atoms with Gasteiger partial charge >= 0.3 is 0 Å². The van der Waals surface area contributed by atoms with Crippen LogP contribution in [0, 0.1) is 24.7 Å². The molecule has 0 N–H and O–H groups in total. The first-order valence-electron chi connectivity index (χ1n) is 9.34. The summed E-state index contributed by atoms with van der Waals surface area (Å²) in [5.74, 6) is 0.844. The number of nitrogens with zero attached hydrogens (tertiary/aromatic N) is 2. The van der Waals surface area contributed by atoms with Crippen LogP contribution in [0.2, 0.25) is 0 Å². The molecule has 4 rings (SSSR count). The number of carbonyl (C=O) groups excluding carboxylic acids is 1. The van der Waals surface area contributed by atoms with E-state index >= 15 is 0 Å². The Hall–Kier alpha value is -1.47. The maximum absolute atomic E-state index is 12.7. The van der Waals surface area contributed by atoms with Crippen LogP contribution in [0.3, 0.4) is 0 Å². The lowest BCUT2D eigenvalue weighted by Gasteiger charge is -2.50. The molecule has 3 unspecified atom stereocenters. The number of hydrogen-bond donors (Lipinski definition) is 0. The van der Waals surface area contributed by atoms with Gasteiger partial charge in [-0.05, 0) is 37.8 Å². The Morgan fingerprint density at radius 3 is 2.77 bits per heavy atom. The van der Waals surface area contributed by atoms with Gasteiger partial charge in [0.15, 0.2) is 9.84 Å². The molecule has 1 amide bonds. The lowest BCUT2D eigenvalue weighted by atomic mass is 9.83. The molecule has 142 valence electrons. The van der Waals surface area contributed by atoms with Crippen LogP contribution in [-0.2, 0) is 26.0 Å². The molecule has 1 aromatic heterocycles. The minimum atomic E-state index is -3.18. The smallest absolute Gasteiger partial charge is 0.226 e. The highest BCUT2D eigenvalue weighted by Crippen LogP contribution is 2.47. The molecular weight excluding hydrogens is 352 g/mol. The Bertz CT molecular complexity index is 817. The van der Waals surface area contributed by atoms with E-state index in [-0.39, 0.29) is 23.5 Å². The molecule has 0 bridgehead atoms. The summed E-state index contributed by atoms with van der Waals surface area (Å²) in [4.78, 5) is 18.5. The third-order valence-electron chi connectivity index (χ3n) is 6.27.